The first-order valence-electron chi connectivity index (χ1n) is 9.29. The highest BCUT2D eigenvalue weighted by Gasteiger charge is 2.55. The van der Waals surface area contributed by atoms with E-state index in [4.69, 9.17) is 24.7 Å². The summed E-state index contributed by atoms with van der Waals surface area (Å²) in [5.41, 5.74) is 7.26. The minimum atomic E-state index is -0.675. The number of nitrogens with zero attached hydrogens (tertiary/aromatic N) is 4. The Balaban J connectivity index is 1.48. The van der Waals surface area contributed by atoms with E-state index in [1.165, 1.54) is 6.33 Å². The van der Waals surface area contributed by atoms with E-state index in [0.29, 0.717) is 30.1 Å². The zero-order valence-corrected chi connectivity index (χ0v) is 15.4. The summed E-state index contributed by atoms with van der Waals surface area (Å²) in [7, 11) is 0. The molecular weight excluding hydrogens is 352 g/mol. The molecule has 10 heteroatoms. The lowest BCUT2D eigenvalue weighted by Gasteiger charge is -2.24. The van der Waals surface area contributed by atoms with Crippen molar-refractivity contribution in [3.05, 3.63) is 12.7 Å². The summed E-state index contributed by atoms with van der Waals surface area (Å²) in [6, 6.07) is 0.231. The van der Waals surface area contributed by atoms with Crippen LogP contribution in [0.15, 0.2) is 12.7 Å². The molecule has 0 radical (unpaired) electrons. The summed E-state index contributed by atoms with van der Waals surface area (Å²) >= 11 is 0. The maximum Gasteiger partial charge on any atom is 0.167 e. The van der Waals surface area contributed by atoms with Gasteiger partial charge in [-0.15, -0.1) is 0 Å². The lowest BCUT2D eigenvalue weighted by molar-refractivity contribution is -0.195. The van der Waals surface area contributed by atoms with Crippen molar-refractivity contribution in [1.29, 1.82) is 0 Å². The first kappa shape index (κ1) is 17.3. The smallest absolute Gasteiger partial charge is 0.167 e. The normalized spacial score (nSPS) is 35.0. The number of hydrogen-bond donors (Lipinski definition) is 2. The van der Waals surface area contributed by atoms with Crippen LogP contribution in [0.3, 0.4) is 0 Å². The molecule has 0 bridgehead atoms. The molecule has 0 aromatic carbocycles. The number of fused-ring (bicyclic) bond motifs is 2. The van der Waals surface area contributed by atoms with Gasteiger partial charge in [-0.1, -0.05) is 0 Å². The molecule has 0 amide bonds. The number of rotatable bonds is 4. The molecule has 2 aromatic rings. The third kappa shape index (κ3) is 2.88. The first-order chi connectivity index (χ1) is 13.1. The zero-order chi connectivity index (χ0) is 18.6. The Morgan fingerprint density at radius 3 is 2.89 bits per heavy atom. The molecule has 2 unspecified atom stereocenters. The third-order valence-corrected chi connectivity index (χ3v) is 5.26. The molecule has 0 aliphatic carbocycles. The van der Waals surface area contributed by atoms with Crippen LogP contribution in [0.2, 0.25) is 0 Å². The van der Waals surface area contributed by atoms with Crippen molar-refractivity contribution in [2.24, 2.45) is 5.73 Å². The van der Waals surface area contributed by atoms with Crippen molar-refractivity contribution in [3.8, 4) is 0 Å². The van der Waals surface area contributed by atoms with Gasteiger partial charge in [-0.05, 0) is 20.3 Å². The van der Waals surface area contributed by atoms with Crippen LogP contribution in [0.25, 0.3) is 11.2 Å². The van der Waals surface area contributed by atoms with Crippen molar-refractivity contribution in [2.75, 3.05) is 25.1 Å². The fourth-order valence-electron chi connectivity index (χ4n) is 4.06. The van der Waals surface area contributed by atoms with E-state index in [-0.39, 0.29) is 24.4 Å². The number of aromatic nitrogens is 4. The minimum Gasteiger partial charge on any atom is -0.379 e. The van der Waals surface area contributed by atoms with Gasteiger partial charge in [0, 0.05) is 13.2 Å². The van der Waals surface area contributed by atoms with Crippen LogP contribution < -0.4 is 11.1 Å². The number of imidazole rings is 1. The summed E-state index contributed by atoms with van der Waals surface area (Å²) in [5, 5.41) is 3.40. The molecule has 3 N–H and O–H groups in total. The van der Waals surface area contributed by atoms with Crippen LogP contribution in [0.1, 0.15) is 26.5 Å². The largest absolute Gasteiger partial charge is 0.379 e. The van der Waals surface area contributed by atoms with Gasteiger partial charge in [0.25, 0.3) is 0 Å². The van der Waals surface area contributed by atoms with Gasteiger partial charge in [0.15, 0.2) is 29.0 Å². The molecule has 2 aromatic heterocycles. The van der Waals surface area contributed by atoms with Gasteiger partial charge < -0.3 is 30.0 Å². The standard InChI is InChI=1S/C17H24N6O4/c1-17(2)26-12-10(5-18)25-16(13(12)27-17)23-8-21-11-14(19-7-20-15(11)23)22-9-3-4-24-6-9/h7-10,12-13,16H,3-6,18H2,1-2H3,(H,19,20,22)/t9?,10-,12-,13-,16?/m1/s1. The monoisotopic (exact) mass is 376 g/mol. The lowest BCUT2D eigenvalue weighted by atomic mass is 10.1. The molecule has 5 atom stereocenters. The van der Waals surface area contributed by atoms with E-state index >= 15 is 0 Å². The van der Waals surface area contributed by atoms with E-state index in [1.807, 2.05) is 18.4 Å². The first-order valence-corrected chi connectivity index (χ1v) is 9.29. The van der Waals surface area contributed by atoms with Crippen LogP contribution in [0.4, 0.5) is 5.82 Å². The van der Waals surface area contributed by atoms with Crippen molar-refractivity contribution in [3.63, 3.8) is 0 Å². The van der Waals surface area contributed by atoms with Gasteiger partial charge in [0.2, 0.25) is 0 Å². The Labute approximate surface area is 156 Å². The van der Waals surface area contributed by atoms with Crippen LogP contribution in [-0.2, 0) is 18.9 Å². The average Bonchev–Trinajstić information content (AvgIpc) is 3.38. The summed E-state index contributed by atoms with van der Waals surface area (Å²) < 4.78 is 25.6. The highest BCUT2D eigenvalue weighted by Crippen LogP contribution is 2.43. The average molecular weight is 376 g/mol. The predicted molar refractivity (Wildman–Crippen MR) is 95.0 cm³/mol. The highest BCUT2D eigenvalue weighted by atomic mass is 16.8. The molecule has 146 valence electrons. The topological polar surface area (TPSA) is 119 Å². The van der Waals surface area contributed by atoms with Crippen molar-refractivity contribution >= 4 is 17.0 Å². The fourth-order valence-corrected chi connectivity index (χ4v) is 4.06. The molecule has 0 saturated carbocycles. The van der Waals surface area contributed by atoms with E-state index < -0.39 is 12.0 Å². The second-order valence-corrected chi connectivity index (χ2v) is 7.62. The predicted octanol–water partition coefficient (Wildman–Crippen LogP) is 0.403. The number of anilines is 1. The second-order valence-electron chi connectivity index (χ2n) is 7.62. The van der Waals surface area contributed by atoms with Crippen LogP contribution >= 0.6 is 0 Å². The molecular formula is C17H24N6O4. The van der Waals surface area contributed by atoms with Crippen molar-refractivity contribution in [2.45, 2.75) is 56.6 Å². The number of ether oxygens (including phenoxy) is 4. The SMILES string of the molecule is CC1(C)O[C@@H]2[C@@H](CN)OC(n3cnc4c(NC5CCOC5)ncnc43)[C@@H]2O1. The van der Waals surface area contributed by atoms with E-state index in [0.717, 1.165) is 13.0 Å². The highest BCUT2D eigenvalue weighted by molar-refractivity contribution is 5.82. The molecule has 3 fully saturated rings. The van der Waals surface area contributed by atoms with Crippen LogP contribution in [0.5, 0.6) is 0 Å². The van der Waals surface area contributed by atoms with Gasteiger partial charge in [-0.3, -0.25) is 4.57 Å². The maximum absolute atomic E-state index is 6.14. The Hall–Kier alpha value is -1.85. The van der Waals surface area contributed by atoms with Gasteiger partial charge in [-0.2, -0.15) is 0 Å². The Bertz CT molecular complexity index is 836. The lowest BCUT2D eigenvalue weighted by Crippen LogP contribution is -2.34. The van der Waals surface area contributed by atoms with E-state index in [9.17, 15) is 0 Å². The van der Waals surface area contributed by atoms with Gasteiger partial charge in [0.05, 0.1) is 19.0 Å². The van der Waals surface area contributed by atoms with Crippen LogP contribution in [-0.4, -0.2) is 69.4 Å². The number of nitrogens with one attached hydrogen (secondary N) is 1. The quantitative estimate of drug-likeness (QED) is 0.781. The molecule has 10 nitrogen and oxygen atoms in total. The molecule has 0 spiro atoms. The fraction of sp³-hybridized carbons (Fsp3) is 0.706. The molecule has 5 rings (SSSR count). The summed E-state index contributed by atoms with van der Waals surface area (Å²) in [6.45, 7) is 5.58. The van der Waals surface area contributed by atoms with Gasteiger partial charge in [0.1, 0.15) is 24.6 Å². The zero-order valence-electron chi connectivity index (χ0n) is 15.4. The minimum absolute atomic E-state index is 0.220. The van der Waals surface area contributed by atoms with Crippen molar-refractivity contribution in [1.82, 2.24) is 19.5 Å². The number of nitrogens with two attached hydrogens (primary N) is 1. The van der Waals surface area contributed by atoms with E-state index in [1.54, 1.807) is 6.33 Å². The van der Waals surface area contributed by atoms with E-state index in [2.05, 4.69) is 20.3 Å². The Morgan fingerprint density at radius 2 is 2.11 bits per heavy atom. The molecule has 5 heterocycles. The van der Waals surface area contributed by atoms with Gasteiger partial charge >= 0.3 is 0 Å². The number of hydrogen-bond acceptors (Lipinski definition) is 9. The molecule has 27 heavy (non-hydrogen) atoms. The molecule has 3 aliphatic heterocycles. The molecule has 3 aliphatic rings. The Kier molecular flexibility index (Phi) is 4.06. The molecule has 3 saturated heterocycles. The third-order valence-electron chi connectivity index (χ3n) is 5.26. The second kappa shape index (κ2) is 6.35. The maximum atomic E-state index is 6.14. The van der Waals surface area contributed by atoms with Crippen LogP contribution in [0, 0.1) is 0 Å². The summed E-state index contributed by atoms with van der Waals surface area (Å²) in [6.07, 6.45) is 3.04. The summed E-state index contributed by atoms with van der Waals surface area (Å²) in [5.74, 6) is 0.0221. The van der Waals surface area contributed by atoms with Crippen molar-refractivity contribution < 1.29 is 18.9 Å². The summed E-state index contributed by atoms with van der Waals surface area (Å²) in [4.78, 5) is 13.3. The Morgan fingerprint density at radius 1 is 1.26 bits per heavy atom. The van der Waals surface area contributed by atoms with Gasteiger partial charge in [-0.25, -0.2) is 15.0 Å².